The lowest BCUT2D eigenvalue weighted by molar-refractivity contribution is 0.309. The van der Waals surface area contributed by atoms with Crippen molar-refractivity contribution in [2.24, 2.45) is 0 Å². The average Bonchev–Trinajstić information content (AvgIpc) is 2.43. The lowest BCUT2D eigenvalue weighted by Crippen LogP contribution is -2.32. The number of aromatic nitrogens is 2. The summed E-state index contributed by atoms with van der Waals surface area (Å²) in [7, 11) is 0. The number of hydrogen-bond acceptors (Lipinski definition) is 5. The third-order valence-corrected chi connectivity index (χ3v) is 3.93. The molecule has 106 valence electrons. The van der Waals surface area contributed by atoms with Crippen LogP contribution in [0.4, 0.5) is 0 Å². The molecule has 1 saturated carbocycles. The molecule has 0 amide bonds. The molecule has 0 aliphatic heterocycles. The van der Waals surface area contributed by atoms with Gasteiger partial charge in [-0.2, -0.15) is 5.26 Å². The minimum Gasteiger partial charge on any atom is -0.503 e. The lowest BCUT2D eigenvalue weighted by Gasteiger charge is -2.36. The smallest absolute Gasteiger partial charge is 0.281 e. The molecule has 3 rings (SSSR count). The largest absolute Gasteiger partial charge is 0.503 e. The van der Waals surface area contributed by atoms with Crippen molar-refractivity contribution in [2.75, 3.05) is 0 Å². The normalized spacial score (nSPS) is 15.8. The van der Waals surface area contributed by atoms with Crippen molar-refractivity contribution in [3.05, 3.63) is 41.0 Å². The number of nitriles is 1. The maximum absolute atomic E-state index is 9.80. The number of aromatic hydroxyl groups is 1. The molecule has 0 bridgehead atoms. The van der Waals surface area contributed by atoms with E-state index in [2.05, 4.69) is 16.3 Å². The third kappa shape index (κ3) is 2.39. The van der Waals surface area contributed by atoms with E-state index in [1.165, 1.54) is 6.07 Å². The van der Waals surface area contributed by atoms with Crippen LogP contribution in [0.3, 0.4) is 0 Å². The van der Waals surface area contributed by atoms with Crippen molar-refractivity contribution in [1.29, 1.82) is 5.26 Å². The summed E-state index contributed by atoms with van der Waals surface area (Å²) in [5.41, 5.74) is 0.307. The standard InChI is InChI=1S/C15H12ClN3O2/c16-13-8-11(20)14(19-18-13)21-12-5-2-1-4-10(12)15(9-17)6-3-7-15/h1-2,4-5,8H,3,6-7H2,(H,18,20). The van der Waals surface area contributed by atoms with E-state index < -0.39 is 5.41 Å². The first-order valence-electron chi connectivity index (χ1n) is 6.55. The lowest BCUT2D eigenvalue weighted by atomic mass is 9.65. The summed E-state index contributed by atoms with van der Waals surface area (Å²) in [5, 5.41) is 26.7. The zero-order valence-electron chi connectivity index (χ0n) is 11.1. The molecule has 1 aliphatic carbocycles. The molecule has 0 spiro atoms. The van der Waals surface area contributed by atoms with Gasteiger partial charge in [-0.25, -0.2) is 0 Å². The fourth-order valence-corrected chi connectivity index (χ4v) is 2.59. The fourth-order valence-electron chi connectivity index (χ4n) is 2.45. The van der Waals surface area contributed by atoms with Crippen molar-refractivity contribution in [2.45, 2.75) is 24.7 Å². The Bertz CT molecular complexity index is 723. The van der Waals surface area contributed by atoms with Crippen LogP contribution in [0.15, 0.2) is 30.3 Å². The van der Waals surface area contributed by atoms with Gasteiger partial charge in [0.05, 0.1) is 11.5 Å². The molecule has 2 aromatic rings. The van der Waals surface area contributed by atoms with Crippen LogP contribution in [-0.4, -0.2) is 15.3 Å². The van der Waals surface area contributed by atoms with Gasteiger partial charge in [-0.05, 0) is 25.3 Å². The quantitative estimate of drug-likeness (QED) is 0.937. The highest BCUT2D eigenvalue weighted by Gasteiger charge is 2.41. The highest BCUT2D eigenvalue weighted by atomic mass is 35.5. The average molecular weight is 302 g/mol. The Morgan fingerprint density at radius 1 is 1.29 bits per heavy atom. The molecule has 21 heavy (non-hydrogen) atoms. The van der Waals surface area contributed by atoms with Crippen molar-refractivity contribution < 1.29 is 9.84 Å². The number of para-hydroxylation sites is 1. The molecule has 1 aliphatic rings. The van der Waals surface area contributed by atoms with Crippen LogP contribution in [0, 0.1) is 11.3 Å². The van der Waals surface area contributed by atoms with Crippen LogP contribution in [-0.2, 0) is 5.41 Å². The van der Waals surface area contributed by atoms with Gasteiger partial charge in [0.2, 0.25) is 0 Å². The molecule has 0 saturated heterocycles. The predicted molar refractivity (Wildman–Crippen MR) is 76.4 cm³/mol. The van der Waals surface area contributed by atoms with Crippen LogP contribution in [0.1, 0.15) is 24.8 Å². The zero-order valence-corrected chi connectivity index (χ0v) is 11.8. The van der Waals surface area contributed by atoms with Gasteiger partial charge in [0.1, 0.15) is 5.75 Å². The molecule has 1 aromatic heterocycles. The first-order valence-corrected chi connectivity index (χ1v) is 6.93. The number of ether oxygens (including phenoxy) is 1. The minimum atomic E-state index is -0.508. The van der Waals surface area contributed by atoms with Gasteiger partial charge in [-0.1, -0.05) is 29.8 Å². The molecule has 1 heterocycles. The SMILES string of the molecule is N#CC1(c2ccccc2Oc2nnc(Cl)cc2O)CCC1. The second-order valence-electron chi connectivity index (χ2n) is 5.00. The number of rotatable bonds is 3. The molecule has 6 heteroatoms. The van der Waals surface area contributed by atoms with Crippen LogP contribution in [0.2, 0.25) is 5.15 Å². The topological polar surface area (TPSA) is 79.0 Å². The van der Waals surface area contributed by atoms with E-state index in [0.717, 1.165) is 24.8 Å². The van der Waals surface area contributed by atoms with E-state index in [9.17, 15) is 10.4 Å². The molecule has 0 atom stereocenters. The van der Waals surface area contributed by atoms with Crippen LogP contribution < -0.4 is 4.74 Å². The maximum atomic E-state index is 9.80. The van der Waals surface area contributed by atoms with Crippen molar-refractivity contribution in [3.63, 3.8) is 0 Å². The first-order chi connectivity index (χ1) is 10.1. The molecule has 0 radical (unpaired) electrons. The van der Waals surface area contributed by atoms with Crippen molar-refractivity contribution in [1.82, 2.24) is 10.2 Å². The molecule has 1 aromatic carbocycles. The summed E-state index contributed by atoms with van der Waals surface area (Å²) < 4.78 is 5.65. The van der Waals surface area contributed by atoms with Gasteiger partial charge in [0.15, 0.2) is 10.9 Å². The van der Waals surface area contributed by atoms with E-state index in [0.29, 0.717) is 5.75 Å². The van der Waals surface area contributed by atoms with E-state index in [4.69, 9.17) is 16.3 Å². The summed E-state index contributed by atoms with van der Waals surface area (Å²) in [6.07, 6.45) is 2.64. The molecule has 5 nitrogen and oxygen atoms in total. The van der Waals surface area contributed by atoms with Crippen LogP contribution in [0.5, 0.6) is 17.4 Å². The summed E-state index contributed by atoms with van der Waals surface area (Å²) >= 11 is 5.65. The molecular formula is C15H12ClN3O2. The molecule has 1 fully saturated rings. The van der Waals surface area contributed by atoms with Crippen LogP contribution in [0.25, 0.3) is 0 Å². The number of halogens is 1. The van der Waals surface area contributed by atoms with Gasteiger partial charge in [0, 0.05) is 11.6 Å². The second kappa shape index (κ2) is 5.23. The van der Waals surface area contributed by atoms with Gasteiger partial charge in [-0.15, -0.1) is 10.2 Å². The maximum Gasteiger partial charge on any atom is 0.281 e. The van der Waals surface area contributed by atoms with Gasteiger partial charge in [-0.3, -0.25) is 0 Å². The van der Waals surface area contributed by atoms with Crippen molar-refractivity contribution >= 4 is 11.6 Å². The van der Waals surface area contributed by atoms with Gasteiger partial charge < -0.3 is 9.84 Å². The number of benzene rings is 1. The Balaban J connectivity index is 1.98. The van der Waals surface area contributed by atoms with E-state index in [1.807, 2.05) is 18.2 Å². The van der Waals surface area contributed by atoms with Crippen molar-refractivity contribution in [3.8, 4) is 23.4 Å². The van der Waals surface area contributed by atoms with E-state index >= 15 is 0 Å². The first kappa shape index (κ1) is 13.7. The monoisotopic (exact) mass is 301 g/mol. The molecule has 0 unspecified atom stereocenters. The Hall–Kier alpha value is -2.32. The Kier molecular flexibility index (Phi) is 3.40. The summed E-state index contributed by atoms with van der Waals surface area (Å²) in [5.74, 6) is 0.286. The van der Waals surface area contributed by atoms with E-state index in [-0.39, 0.29) is 16.8 Å². The Morgan fingerprint density at radius 3 is 2.67 bits per heavy atom. The predicted octanol–water partition coefficient (Wildman–Crippen LogP) is 3.57. The summed E-state index contributed by atoms with van der Waals surface area (Å²) in [4.78, 5) is 0. The second-order valence-corrected chi connectivity index (χ2v) is 5.39. The van der Waals surface area contributed by atoms with Gasteiger partial charge >= 0.3 is 0 Å². The highest BCUT2D eigenvalue weighted by molar-refractivity contribution is 6.29. The summed E-state index contributed by atoms with van der Waals surface area (Å²) in [6, 6.07) is 10.9. The Labute approximate surface area is 126 Å². The highest BCUT2D eigenvalue weighted by Crippen LogP contribution is 2.47. The third-order valence-electron chi connectivity index (χ3n) is 3.74. The minimum absolute atomic E-state index is 0.0285. The van der Waals surface area contributed by atoms with E-state index in [1.54, 1.807) is 6.07 Å². The Morgan fingerprint density at radius 2 is 2.05 bits per heavy atom. The van der Waals surface area contributed by atoms with Gasteiger partial charge in [0.25, 0.3) is 5.88 Å². The molecular weight excluding hydrogens is 290 g/mol. The number of hydrogen-bond donors (Lipinski definition) is 1. The number of nitrogens with zero attached hydrogens (tertiary/aromatic N) is 3. The fraction of sp³-hybridized carbons (Fsp3) is 0.267. The zero-order chi connectivity index (χ0) is 14.9. The summed E-state index contributed by atoms with van der Waals surface area (Å²) in [6.45, 7) is 0. The molecule has 1 N–H and O–H groups in total. The van der Waals surface area contributed by atoms with Crippen LogP contribution >= 0.6 is 11.6 Å².